The minimum Gasteiger partial charge on any atom is -0.495 e. The van der Waals surface area contributed by atoms with Gasteiger partial charge in [-0.1, -0.05) is 18.2 Å². The van der Waals surface area contributed by atoms with Gasteiger partial charge in [-0.05, 0) is 48.6 Å². The third-order valence-electron chi connectivity index (χ3n) is 6.47. The first kappa shape index (κ1) is 21.4. The van der Waals surface area contributed by atoms with Crippen molar-refractivity contribution < 1.29 is 14.3 Å². The Balaban J connectivity index is 1.23. The normalized spacial score (nSPS) is 16.6. The number of methoxy groups -OCH3 is 1. The van der Waals surface area contributed by atoms with Crippen LogP contribution in [0.5, 0.6) is 5.75 Å². The molecule has 2 heterocycles. The van der Waals surface area contributed by atoms with Crippen LogP contribution in [0, 0.1) is 18.3 Å². The van der Waals surface area contributed by atoms with E-state index in [-0.39, 0.29) is 5.97 Å². The predicted molar refractivity (Wildman–Crippen MR) is 118 cm³/mol. The van der Waals surface area contributed by atoms with Crippen LogP contribution in [0.25, 0.3) is 0 Å². The van der Waals surface area contributed by atoms with E-state index in [2.05, 4.69) is 34.1 Å². The summed E-state index contributed by atoms with van der Waals surface area (Å²) in [4.78, 5) is 16.6. The molecule has 0 amide bonds. The van der Waals surface area contributed by atoms with Gasteiger partial charge in [0.2, 0.25) is 0 Å². The van der Waals surface area contributed by atoms with E-state index in [1.165, 1.54) is 11.1 Å². The van der Waals surface area contributed by atoms with Crippen molar-refractivity contribution in [1.29, 1.82) is 5.26 Å². The number of nitriles is 1. The van der Waals surface area contributed by atoms with Crippen molar-refractivity contribution >= 4 is 5.97 Å². The number of hydrogen-bond acceptors (Lipinski definition) is 6. The molecule has 2 aliphatic rings. The molecule has 0 aromatic heterocycles. The topological polar surface area (TPSA) is 65.8 Å². The van der Waals surface area contributed by atoms with E-state index in [9.17, 15) is 10.1 Å². The van der Waals surface area contributed by atoms with Crippen LogP contribution in [0.3, 0.4) is 0 Å². The summed E-state index contributed by atoms with van der Waals surface area (Å²) in [6.45, 7) is 8.78. The maximum atomic E-state index is 11.6. The average molecular weight is 420 g/mol. The van der Waals surface area contributed by atoms with Crippen molar-refractivity contribution in [3.05, 3.63) is 63.7 Å². The lowest BCUT2D eigenvalue weighted by Crippen LogP contribution is -2.47. The van der Waals surface area contributed by atoms with E-state index in [1.807, 2.05) is 19.1 Å². The third-order valence-corrected chi connectivity index (χ3v) is 6.47. The van der Waals surface area contributed by atoms with Crippen LogP contribution in [-0.4, -0.2) is 62.1 Å². The van der Waals surface area contributed by atoms with E-state index >= 15 is 0 Å². The molecule has 4 rings (SSSR count). The highest BCUT2D eigenvalue weighted by Gasteiger charge is 2.21. The maximum absolute atomic E-state index is 11.6. The van der Waals surface area contributed by atoms with Gasteiger partial charge in [-0.25, -0.2) is 4.79 Å². The number of nitrogens with zero attached hydrogens (tertiary/aromatic N) is 3. The van der Waals surface area contributed by atoms with Crippen molar-refractivity contribution in [2.24, 2.45) is 0 Å². The van der Waals surface area contributed by atoms with Crippen LogP contribution >= 0.6 is 0 Å². The van der Waals surface area contributed by atoms with Crippen LogP contribution in [0.1, 0.15) is 38.2 Å². The molecule has 2 aliphatic heterocycles. The van der Waals surface area contributed by atoms with Crippen LogP contribution in [0.4, 0.5) is 0 Å². The minimum absolute atomic E-state index is 0.202. The number of carbonyl (C=O) groups excluding carboxylic acids is 1. The van der Waals surface area contributed by atoms with Crippen molar-refractivity contribution in [1.82, 2.24) is 9.80 Å². The van der Waals surface area contributed by atoms with Gasteiger partial charge < -0.3 is 19.3 Å². The van der Waals surface area contributed by atoms with E-state index in [4.69, 9.17) is 9.47 Å². The number of esters is 1. The second-order valence-electron chi connectivity index (χ2n) is 8.29. The number of ether oxygens (including phenoxy) is 2. The van der Waals surface area contributed by atoms with Gasteiger partial charge in [0.15, 0.2) is 0 Å². The number of fused-ring (bicyclic) bond motifs is 1. The summed E-state index contributed by atoms with van der Waals surface area (Å²) in [5.41, 5.74) is 5.91. The summed E-state index contributed by atoms with van der Waals surface area (Å²) in [5.74, 6) is 0.500. The molecule has 31 heavy (non-hydrogen) atoms. The van der Waals surface area contributed by atoms with E-state index in [1.54, 1.807) is 7.11 Å². The zero-order chi connectivity index (χ0) is 21.8. The van der Waals surface area contributed by atoms with Crippen molar-refractivity contribution in [3.8, 4) is 11.8 Å². The van der Waals surface area contributed by atoms with Gasteiger partial charge in [-0.2, -0.15) is 5.26 Å². The second kappa shape index (κ2) is 9.51. The van der Waals surface area contributed by atoms with Gasteiger partial charge in [-0.3, -0.25) is 0 Å². The maximum Gasteiger partial charge on any atom is 0.338 e. The lowest BCUT2D eigenvalue weighted by Gasteiger charge is -2.34. The monoisotopic (exact) mass is 419 g/mol. The van der Waals surface area contributed by atoms with Gasteiger partial charge in [0.25, 0.3) is 0 Å². The fourth-order valence-corrected chi connectivity index (χ4v) is 4.50. The quantitative estimate of drug-likeness (QED) is 0.643. The molecule has 0 saturated carbocycles. The predicted octanol–water partition coefficient (Wildman–Crippen LogP) is 2.95. The summed E-state index contributed by atoms with van der Waals surface area (Å²) in [5, 5.41) is 9.23. The molecule has 0 radical (unpaired) electrons. The van der Waals surface area contributed by atoms with E-state index in [0.29, 0.717) is 23.5 Å². The minimum atomic E-state index is -0.202. The van der Waals surface area contributed by atoms with Crippen molar-refractivity contribution in [2.75, 3.05) is 46.4 Å². The lowest BCUT2D eigenvalue weighted by atomic mass is 10.0. The molecule has 2 aromatic carbocycles. The summed E-state index contributed by atoms with van der Waals surface area (Å²) in [7, 11) is 1.63. The van der Waals surface area contributed by atoms with E-state index < -0.39 is 0 Å². The number of rotatable bonds is 7. The Morgan fingerprint density at radius 1 is 1.06 bits per heavy atom. The molecule has 0 unspecified atom stereocenters. The largest absolute Gasteiger partial charge is 0.495 e. The summed E-state index contributed by atoms with van der Waals surface area (Å²) in [6.07, 6.45) is 1.95. The summed E-state index contributed by atoms with van der Waals surface area (Å²) < 4.78 is 10.5. The van der Waals surface area contributed by atoms with Gasteiger partial charge in [-0.15, -0.1) is 0 Å². The molecule has 6 nitrogen and oxygen atoms in total. The number of benzene rings is 2. The van der Waals surface area contributed by atoms with Crippen molar-refractivity contribution in [3.63, 3.8) is 0 Å². The highest BCUT2D eigenvalue weighted by molar-refractivity contribution is 5.93. The molecular weight excluding hydrogens is 390 g/mol. The number of hydrogen-bond donors (Lipinski definition) is 0. The first-order chi connectivity index (χ1) is 15.1. The average Bonchev–Trinajstić information content (AvgIpc) is 3.17. The molecule has 0 aliphatic carbocycles. The Morgan fingerprint density at radius 2 is 1.77 bits per heavy atom. The molecule has 0 spiro atoms. The first-order valence-electron chi connectivity index (χ1n) is 10.9. The van der Waals surface area contributed by atoms with Crippen LogP contribution in [0.2, 0.25) is 0 Å². The molecule has 2 aromatic rings. The van der Waals surface area contributed by atoms with Crippen LogP contribution < -0.4 is 4.74 Å². The van der Waals surface area contributed by atoms with E-state index in [0.717, 1.165) is 63.2 Å². The standard InChI is InChI=1S/C25H29N3O3/c1-18-20(4-5-21(16-26)24(18)30-2)8-10-28-13-11-27(12-14-28)9-7-19-3-6-23-22(15-19)17-31-25(23)29/h3-6,15H,7-14,17H2,1-2H3. The highest BCUT2D eigenvalue weighted by atomic mass is 16.5. The van der Waals surface area contributed by atoms with Crippen LogP contribution in [-0.2, 0) is 24.2 Å². The molecule has 162 valence electrons. The Labute approximate surface area is 184 Å². The Kier molecular flexibility index (Phi) is 6.55. The van der Waals surface area contributed by atoms with Gasteiger partial charge in [0.1, 0.15) is 18.4 Å². The smallest absolute Gasteiger partial charge is 0.338 e. The highest BCUT2D eigenvalue weighted by Crippen LogP contribution is 2.26. The fourth-order valence-electron chi connectivity index (χ4n) is 4.50. The van der Waals surface area contributed by atoms with Gasteiger partial charge in [0, 0.05) is 44.8 Å². The molecule has 6 heteroatoms. The Bertz CT molecular complexity index is 1000. The van der Waals surface area contributed by atoms with Crippen LogP contribution in [0.15, 0.2) is 30.3 Å². The molecule has 0 atom stereocenters. The molecule has 1 fully saturated rings. The molecule has 1 saturated heterocycles. The molecule has 0 bridgehead atoms. The second-order valence-corrected chi connectivity index (χ2v) is 8.29. The first-order valence-corrected chi connectivity index (χ1v) is 10.9. The zero-order valence-electron chi connectivity index (χ0n) is 18.3. The number of carbonyl (C=O) groups is 1. The number of piperazine rings is 1. The zero-order valence-corrected chi connectivity index (χ0v) is 18.3. The third kappa shape index (κ3) is 4.73. The lowest BCUT2D eigenvalue weighted by molar-refractivity contribution is 0.0535. The SMILES string of the molecule is COc1c(C#N)ccc(CCN2CCN(CCc3ccc4c(c3)COC4=O)CC2)c1C. The fraction of sp³-hybridized carbons (Fsp3) is 0.440. The molecular formula is C25H29N3O3. The van der Waals surface area contributed by atoms with Gasteiger partial charge >= 0.3 is 5.97 Å². The van der Waals surface area contributed by atoms with Gasteiger partial charge in [0.05, 0.1) is 18.2 Å². The summed E-state index contributed by atoms with van der Waals surface area (Å²) in [6, 6.07) is 12.2. The van der Waals surface area contributed by atoms with Crippen molar-refractivity contribution in [2.45, 2.75) is 26.4 Å². The summed E-state index contributed by atoms with van der Waals surface area (Å²) >= 11 is 0. The molecule has 0 N–H and O–H groups in total. The number of cyclic esters (lactones) is 1. The Morgan fingerprint density at radius 3 is 2.45 bits per heavy atom. The Hall–Kier alpha value is -2.88.